The second-order valence-electron chi connectivity index (χ2n) is 7.05. The number of carbonyl (C=O) groups excluding carboxylic acids is 1. The molecule has 2 atom stereocenters. The highest BCUT2D eigenvalue weighted by Gasteiger charge is 2.33. The summed E-state index contributed by atoms with van der Waals surface area (Å²) >= 11 is 0. The lowest BCUT2D eigenvalue weighted by atomic mass is 9.91. The van der Waals surface area contributed by atoms with Crippen LogP contribution in [0.15, 0.2) is 35.1 Å². The molecule has 2 unspecified atom stereocenters. The van der Waals surface area contributed by atoms with Gasteiger partial charge in [0.25, 0.3) is 0 Å². The molecule has 2 aromatic rings. The van der Waals surface area contributed by atoms with E-state index in [1.54, 1.807) is 6.26 Å². The minimum absolute atomic E-state index is 0.0189. The van der Waals surface area contributed by atoms with Gasteiger partial charge in [-0.05, 0) is 45.0 Å². The van der Waals surface area contributed by atoms with Gasteiger partial charge in [-0.1, -0.05) is 6.92 Å². The lowest BCUT2D eigenvalue weighted by molar-refractivity contribution is 0.129. The number of nitrogens with one attached hydrogen (secondary N) is 1. The van der Waals surface area contributed by atoms with Gasteiger partial charge in [0.1, 0.15) is 5.76 Å². The monoisotopic (exact) mass is 345 g/mol. The summed E-state index contributed by atoms with van der Waals surface area (Å²) in [4.78, 5) is 16.7. The average Bonchev–Trinajstić information content (AvgIpc) is 3.24. The fraction of sp³-hybridized carbons (Fsp3) is 0.556. The lowest BCUT2D eigenvalue weighted by Crippen LogP contribution is -2.42. The Balaban J connectivity index is 1.65. The molecule has 0 aromatic carbocycles. The van der Waals surface area contributed by atoms with Gasteiger partial charge in [0, 0.05) is 25.4 Å². The fourth-order valence-corrected chi connectivity index (χ4v) is 3.17. The molecule has 0 radical (unpaired) electrons. The first kappa shape index (κ1) is 17.5. The Labute approximate surface area is 148 Å². The Bertz CT molecular complexity index is 679. The third-order valence-electron chi connectivity index (χ3n) is 4.65. The number of aromatic nitrogens is 2. The summed E-state index contributed by atoms with van der Waals surface area (Å²) in [6, 6.07) is 5.51. The zero-order valence-corrected chi connectivity index (χ0v) is 15.2. The van der Waals surface area contributed by atoms with Crippen molar-refractivity contribution in [3.05, 3.63) is 36.4 Å². The number of likely N-dealkylation sites (tertiary alicyclic amines) is 1. The molecule has 136 valence electrons. The molecule has 3 heterocycles. The van der Waals surface area contributed by atoms with Crippen molar-refractivity contribution in [3.63, 3.8) is 0 Å². The van der Waals surface area contributed by atoms with Crippen molar-refractivity contribution in [2.75, 3.05) is 32.5 Å². The van der Waals surface area contributed by atoms with Crippen LogP contribution in [-0.4, -0.2) is 52.8 Å². The lowest BCUT2D eigenvalue weighted by Gasteiger charge is -2.37. The van der Waals surface area contributed by atoms with Crippen molar-refractivity contribution in [1.29, 1.82) is 0 Å². The summed E-state index contributed by atoms with van der Waals surface area (Å²) < 4.78 is 7.41. The summed E-state index contributed by atoms with van der Waals surface area (Å²) in [5.41, 5.74) is 0. The number of piperidine rings is 1. The first-order valence-corrected chi connectivity index (χ1v) is 8.82. The smallest absolute Gasteiger partial charge is 0.323 e. The van der Waals surface area contributed by atoms with Crippen molar-refractivity contribution >= 4 is 11.8 Å². The van der Waals surface area contributed by atoms with E-state index >= 15 is 0 Å². The molecule has 0 spiro atoms. The van der Waals surface area contributed by atoms with Crippen LogP contribution >= 0.6 is 0 Å². The molecule has 1 aliphatic rings. The molecule has 0 saturated carbocycles. The highest BCUT2D eigenvalue weighted by Crippen LogP contribution is 2.34. The van der Waals surface area contributed by atoms with Gasteiger partial charge < -0.3 is 14.2 Å². The van der Waals surface area contributed by atoms with Crippen molar-refractivity contribution in [2.24, 2.45) is 5.92 Å². The number of hydrogen-bond donors (Lipinski definition) is 1. The summed E-state index contributed by atoms with van der Waals surface area (Å²) in [6.07, 6.45) is 5.47. The van der Waals surface area contributed by atoms with Crippen molar-refractivity contribution < 1.29 is 9.21 Å². The van der Waals surface area contributed by atoms with E-state index in [9.17, 15) is 4.79 Å². The van der Waals surface area contributed by atoms with E-state index in [0.717, 1.165) is 38.2 Å². The second kappa shape index (κ2) is 7.74. The molecule has 2 aromatic heterocycles. The summed E-state index contributed by atoms with van der Waals surface area (Å²) in [6.45, 7) is 4.63. The predicted octanol–water partition coefficient (Wildman–Crippen LogP) is 3.04. The van der Waals surface area contributed by atoms with E-state index in [1.165, 1.54) is 0 Å². The molecule has 0 aliphatic carbocycles. The summed E-state index contributed by atoms with van der Waals surface area (Å²) in [7, 11) is 4.05. The number of rotatable bonds is 5. The summed E-state index contributed by atoms with van der Waals surface area (Å²) in [5.74, 6) is 2.00. The standard InChI is InChI=1S/C18H27N5O2/c1-14-6-9-23(15(13-14)16-5-4-12-25-16)18(24)19-17-7-8-22(20-17)11-10-21(2)3/h4-5,7-8,12,14-15H,6,9-11,13H2,1-3H3,(H,19,20,24). The Morgan fingerprint density at radius 3 is 3.00 bits per heavy atom. The van der Waals surface area contributed by atoms with Crippen molar-refractivity contribution in [2.45, 2.75) is 32.4 Å². The van der Waals surface area contributed by atoms with Crippen LogP contribution in [0.3, 0.4) is 0 Å². The zero-order chi connectivity index (χ0) is 17.8. The molecular weight excluding hydrogens is 318 g/mol. The Kier molecular flexibility index (Phi) is 5.43. The maximum absolute atomic E-state index is 12.8. The topological polar surface area (TPSA) is 66.5 Å². The zero-order valence-electron chi connectivity index (χ0n) is 15.2. The van der Waals surface area contributed by atoms with Crippen LogP contribution in [0.25, 0.3) is 0 Å². The number of hydrogen-bond acceptors (Lipinski definition) is 4. The van der Waals surface area contributed by atoms with E-state index in [2.05, 4.69) is 22.2 Å². The van der Waals surface area contributed by atoms with E-state index in [4.69, 9.17) is 4.42 Å². The van der Waals surface area contributed by atoms with Gasteiger partial charge in [-0.15, -0.1) is 0 Å². The number of carbonyl (C=O) groups is 1. The SMILES string of the molecule is CC1CCN(C(=O)Nc2ccn(CCN(C)C)n2)C(c2ccco2)C1. The van der Waals surface area contributed by atoms with Crippen LogP contribution in [0.2, 0.25) is 0 Å². The maximum Gasteiger partial charge on any atom is 0.323 e. The quantitative estimate of drug-likeness (QED) is 0.904. The van der Waals surface area contributed by atoms with Gasteiger partial charge in [-0.3, -0.25) is 10.00 Å². The molecule has 2 amide bonds. The highest BCUT2D eigenvalue weighted by molar-refractivity contribution is 5.88. The van der Waals surface area contributed by atoms with Crippen LogP contribution in [0.1, 0.15) is 31.6 Å². The minimum Gasteiger partial charge on any atom is -0.467 e. The number of anilines is 1. The molecule has 7 heteroatoms. The average molecular weight is 345 g/mol. The Morgan fingerprint density at radius 1 is 1.44 bits per heavy atom. The van der Waals surface area contributed by atoms with Crippen molar-refractivity contribution in [1.82, 2.24) is 19.6 Å². The molecular formula is C18H27N5O2. The Hall–Kier alpha value is -2.28. The van der Waals surface area contributed by atoms with Gasteiger partial charge in [-0.25, -0.2) is 4.79 Å². The van der Waals surface area contributed by atoms with E-state index in [1.807, 2.05) is 48.1 Å². The highest BCUT2D eigenvalue weighted by atomic mass is 16.3. The summed E-state index contributed by atoms with van der Waals surface area (Å²) in [5, 5.41) is 7.35. The number of furan rings is 1. The molecule has 1 aliphatic heterocycles. The van der Waals surface area contributed by atoms with E-state index in [0.29, 0.717) is 11.7 Å². The molecule has 1 N–H and O–H groups in total. The molecule has 7 nitrogen and oxygen atoms in total. The predicted molar refractivity (Wildman–Crippen MR) is 96.4 cm³/mol. The molecule has 1 saturated heterocycles. The van der Waals surface area contributed by atoms with Crippen LogP contribution in [0, 0.1) is 5.92 Å². The van der Waals surface area contributed by atoms with E-state index < -0.39 is 0 Å². The fourth-order valence-electron chi connectivity index (χ4n) is 3.17. The molecule has 3 rings (SSSR count). The van der Waals surface area contributed by atoms with Gasteiger partial charge >= 0.3 is 6.03 Å². The number of urea groups is 1. The molecule has 1 fully saturated rings. The molecule has 25 heavy (non-hydrogen) atoms. The van der Waals surface area contributed by atoms with Gasteiger partial charge in [0.15, 0.2) is 5.82 Å². The Morgan fingerprint density at radius 2 is 2.28 bits per heavy atom. The molecule has 0 bridgehead atoms. The first-order chi connectivity index (χ1) is 12.0. The third-order valence-corrected chi connectivity index (χ3v) is 4.65. The minimum atomic E-state index is -0.119. The number of amides is 2. The number of likely N-dealkylation sites (N-methyl/N-ethyl adjacent to an activating group) is 1. The van der Waals surface area contributed by atoms with Crippen LogP contribution in [0.5, 0.6) is 0 Å². The second-order valence-corrected chi connectivity index (χ2v) is 7.05. The van der Waals surface area contributed by atoms with Crippen LogP contribution in [0.4, 0.5) is 10.6 Å². The van der Waals surface area contributed by atoms with Crippen LogP contribution < -0.4 is 5.32 Å². The first-order valence-electron chi connectivity index (χ1n) is 8.82. The third kappa shape index (κ3) is 4.42. The normalized spacial score (nSPS) is 20.9. The number of nitrogens with zero attached hydrogens (tertiary/aromatic N) is 4. The van der Waals surface area contributed by atoms with E-state index in [-0.39, 0.29) is 12.1 Å². The largest absolute Gasteiger partial charge is 0.467 e. The van der Waals surface area contributed by atoms with Gasteiger partial charge in [0.05, 0.1) is 18.8 Å². The van der Waals surface area contributed by atoms with Crippen LogP contribution in [-0.2, 0) is 6.54 Å². The van der Waals surface area contributed by atoms with Gasteiger partial charge in [-0.2, -0.15) is 5.10 Å². The van der Waals surface area contributed by atoms with Crippen molar-refractivity contribution in [3.8, 4) is 0 Å². The van der Waals surface area contributed by atoms with Gasteiger partial charge in [0.2, 0.25) is 0 Å². The maximum atomic E-state index is 12.8.